The molecule has 0 unspecified atom stereocenters. The molecule has 0 saturated carbocycles. The fourth-order valence-corrected chi connectivity index (χ4v) is 7.14. The fourth-order valence-electron chi connectivity index (χ4n) is 6.78. The van der Waals surface area contributed by atoms with Crippen molar-refractivity contribution in [3.63, 3.8) is 0 Å². The number of ether oxygens (including phenoxy) is 1. The van der Waals surface area contributed by atoms with Crippen LogP contribution < -0.4 is 0 Å². The van der Waals surface area contributed by atoms with Crippen molar-refractivity contribution in [1.29, 1.82) is 0 Å². The lowest BCUT2D eigenvalue weighted by Gasteiger charge is -2.34. The second-order valence-corrected chi connectivity index (χ2v) is 11.6. The first-order chi connectivity index (χ1) is 19.7. The monoisotopic (exact) mass is 655 g/mol. The highest BCUT2D eigenvalue weighted by atomic mass is 127. The summed E-state index contributed by atoms with van der Waals surface area (Å²) in [7, 11) is 0. The number of fused-ring (bicyclic) bond motifs is 2. The summed E-state index contributed by atoms with van der Waals surface area (Å²) in [5.41, 5.74) is -3.61. The molecule has 0 amide bonds. The summed E-state index contributed by atoms with van der Waals surface area (Å²) in [5, 5.41) is 11.8. The molecule has 3 aliphatic rings. The number of benzene rings is 4. The van der Waals surface area contributed by atoms with Gasteiger partial charge in [0.05, 0.1) is 10.8 Å². The van der Waals surface area contributed by atoms with Gasteiger partial charge in [-0.3, -0.25) is 29.3 Å². The Morgan fingerprint density at radius 2 is 1.17 bits per heavy atom. The molecule has 200 valence electrons. The predicted octanol–water partition coefficient (Wildman–Crippen LogP) is 5.94. The van der Waals surface area contributed by atoms with Gasteiger partial charge in [0.15, 0.2) is 11.6 Å². The summed E-state index contributed by atoms with van der Waals surface area (Å²) in [5.74, 6) is -4.03. The molecule has 4 aromatic rings. The maximum absolute atomic E-state index is 14.7. The number of carbonyl (C=O) groups excluding carboxylic acids is 4. The van der Waals surface area contributed by atoms with E-state index in [0.717, 1.165) is 3.57 Å². The summed E-state index contributed by atoms with van der Waals surface area (Å²) >= 11 is 2.12. The average molecular weight is 655 g/mol. The third-order valence-corrected chi connectivity index (χ3v) is 9.14. The molecule has 1 aliphatic heterocycles. The Labute approximate surface area is 246 Å². The van der Waals surface area contributed by atoms with Gasteiger partial charge in [0.2, 0.25) is 17.2 Å². The number of nitro groups is 1. The number of hydrogen-bond donors (Lipinski definition) is 0. The Balaban J connectivity index is 1.60. The van der Waals surface area contributed by atoms with Gasteiger partial charge in [-0.05, 0) is 45.9 Å². The summed E-state index contributed by atoms with van der Waals surface area (Å²) in [6.45, 7) is 0. The number of hydrogen-bond acceptors (Lipinski definition) is 7. The van der Waals surface area contributed by atoms with Crippen LogP contribution in [0.5, 0.6) is 0 Å². The van der Waals surface area contributed by atoms with Crippen molar-refractivity contribution in [3.05, 3.63) is 144 Å². The van der Waals surface area contributed by atoms with Crippen LogP contribution in [0.25, 0.3) is 0 Å². The molecular weight excluding hydrogens is 637 g/mol. The van der Waals surface area contributed by atoms with Gasteiger partial charge >= 0.3 is 0 Å². The first-order valence-electron chi connectivity index (χ1n) is 12.8. The smallest absolute Gasteiger partial charge is 0.269 e. The quantitative estimate of drug-likeness (QED) is 0.116. The minimum Gasteiger partial charge on any atom is -0.348 e. The number of nitro benzene ring substituents is 1. The Hall–Kier alpha value is -4.35. The molecule has 1 fully saturated rings. The molecule has 1 saturated heterocycles. The maximum atomic E-state index is 14.7. The van der Waals surface area contributed by atoms with E-state index in [9.17, 15) is 29.3 Å². The topological polar surface area (TPSA) is 121 Å². The fraction of sp³-hybridized carbons (Fsp3) is 0.125. The molecule has 1 heterocycles. The zero-order valence-corrected chi connectivity index (χ0v) is 23.2. The van der Waals surface area contributed by atoms with Gasteiger partial charge < -0.3 is 4.74 Å². The lowest BCUT2D eigenvalue weighted by Crippen LogP contribution is -2.51. The minimum atomic E-state index is -2.31. The van der Waals surface area contributed by atoms with Crippen LogP contribution in [0.1, 0.15) is 64.6 Å². The Bertz CT molecular complexity index is 1790. The third kappa shape index (κ3) is 3.18. The molecule has 41 heavy (non-hydrogen) atoms. The summed E-state index contributed by atoms with van der Waals surface area (Å²) in [4.78, 5) is 69.3. The lowest BCUT2D eigenvalue weighted by atomic mass is 9.60. The molecule has 0 aromatic heterocycles. The van der Waals surface area contributed by atoms with Gasteiger partial charge in [-0.1, -0.05) is 72.8 Å². The third-order valence-electron chi connectivity index (χ3n) is 8.43. The molecule has 2 atom stereocenters. The molecule has 2 spiro atoms. The summed E-state index contributed by atoms with van der Waals surface area (Å²) in [6, 6.07) is 25.0. The van der Waals surface area contributed by atoms with Crippen molar-refractivity contribution in [2.45, 2.75) is 17.6 Å². The van der Waals surface area contributed by atoms with E-state index in [1.54, 1.807) is 48.5 Å². The van der Waals surface area contributed by atoms with E-state index in [-0.39, 0.29) is 33.5 Å². The van der Waals surface area contributed by atoms with E-state index in [1.165, 1.54) is 48.5 Å². The number of nitrogens with zero attached hydrogens (tertiary/aromatic N) is 1. The van der Waals surface area contributed by atoms with Gasteiger partial charge in [-0.2, -0.15) is 0 Å². The summed E-state index contributed by atoms with van der Waals surface area (Å²) < 4.78 is 7.49. The number of non-ortho nitro benzene ring substituents is 1. The van der Waals surface area contributed by atoms with Gasteiger partial charge in [-0.15, -0.1) is 0 Å². The molecule has 0 N–H and O–H groups in total. The normalized spacial score (nSPS) is 21.5. The average Bonchev–Trinajstić information content (AvgIpc) is 3.51. The van der Waals surface area contributed by atoms with Crippen LogP contribution in [0.4, 0.5) is 5.69 Å². The predicted molar refractivity (Wildman–Crippen MR) is 154 cm³/mol. The summed E-state index contributed by atoms with van der Waals surface area (Å²) in [6.07, 6.45) is -1.33. The van der Waals surface area contributed by atoms with Crippen molar-refractivity contribution < 1.29 is 28.8 Å². The Morgan fingerprint density at radius 1 is 0.659 bits per heavy atom. The van der Waals surface area contributed by atoms with E-state index in [0.29, 0.717) is 5.56 Å². The zero-order valence-electron chi connectivity index (χ0n) is 21.1. The van der Waals surface area contributed by atoms with Crippen LogP contribution in [0.15, 0.2) is 97.1 Å². The van der Waals surface area contributed by atoms with Crippen LogP contribution in [-0.2, 0) is 4.74 Å². The second-order valence-electron chi connectivity index (χ2n) is 10.3. The molecule has 8 nitrogen and oxygen atoms in total. The highest BCUT2D eigenvalue weighted by Gasteiger charge is 2.79. The van der Waals surface area contributed by atoms with Crippen LogP contribution in [-0.4, -0.2) is 33.7 Å². The Kier molecular flexibility index (Phi) is 5.51. The van der Waals surface area contributed by atoms with Crippen LogP contribution in [0.2, 0.25) is 0 Å². The number of Topliss-reactive ketones (excluding diaryl/α,β-unsaturated/α-hetero) is 4. The van der Waals surface area contributed by atoms with Gasteiger partial charge in [-0.25, -0.2) is 0 Å². The van der Waals surface area contributed by atoms with Crippen molar-refractivity contribution in [2.24, 2.45) is 5.41 Å². The van der Waals surface area contributed by atoms with E-state index in [2.05, 4.69) is 22.6 Å². The van der Waals surface area contributed by atoms with Gasteiger partial charge in [0, 0.05) is 38.0 Å². The van der Waals surface area contributed by atoms with Crippen molar-refractivity contribution in [2.75, 3.05) is 0 Å². The van der Waals surface area contributed by atoms with E-state index >= 15 is 0 Å². The van der Waals surface area contributed by atoms with Crippen LogP contribution >= 0.6 is 22.6 Å². The maximum Gasteiger partial charge on any atom is 0.269 e. The number of rotatable bonds is 3. The van der Waals surface area contributed by atoms with Gasteiger partial charge in [0.1, 0.15) is 11.5 Å². The minimum absolute atomic E-state index is 0.113. The largest absolute Gasteiger partial charge is 0.348 e. The van der Waals surface area contributed by atoms with E-state index in [4.69, 9.17) is 4.74 Å². The van der Waals surface area contributed by atoms with Gasteiger partial charge in [0.25, 0.3) is 5.69 Å². The second kappa shape index (κ2) is 8.82. The highest BCUT2D eigenvalue weighted by Crippen LogP contribution is 2.68. The Morgan fingerprint density at radius 3 is 1.68 bits per heavy atom. The molecule has 0 radical (unpaired) electrons. The van der Waals surface area contributed by atoms with E-state index < -0.39 is 51.1 Å². The van der Waals surface area contributed by atoms with E-state index in [1.807, 2.05) is 0 Å². The molecule has 7 rings (SSSR count). The first-order valence-corrected chi connectivity index (χ1v) is 13.9. The number of halogens is 1. The molecule has 9 heteroatoms. The van der Waals surface area contributed by atoms with Crippen molar-refractivity contribution in [3.8, 4) is 0 Å². The molecular formula is C32H18INO7. The SMILES string of the molecule is O=C1c2ccccc2C(=O)C12O[C@H](c1ccc(I)cc1)C1(C(=O)c3ccccc3C1=O)[C@H]2c1cccc([N+](=O)[O-])c1. The number of ketones is 4. The highest BCUT2D eigenvalue weighted by molar-refractivity contribution is 14.1. The van der Waals surface area contributed by atoms with Crippen LogP contribution in [0, 0.1) is 19.1 Å². The molecule has 2 aliphatic carbocycles. The zero-order chi connectivity index (χ0) is 28.7. The van der Waals surface area contributed by atoms with Crippen molar-refractivity contribution in [1.82, 2.24) is 0 Å². The first kappa shape index (κ1) is 25.6. The standard InChI is InChI=1S/C32H18INO7/c33-19-14-12-17(13-15-19)30-31(26(35)21-8-1-2-9-22(21)27(31)36)25(18-6-5-7-20(16-18)34(39)40)32(41-30)28(37)23-10-3-4-11-24(23)29(32)38/h1-16,25,30H/t25-,30-/m1/s1. The number of carbonyl (C=O) groups is 4. The van der Waals surface area contributed by atoms with Crippen LogP contribution in [0.3, 0.4) is 0 Å². The molecule has 4 aromatic carbocycles. The lowest BCUT2D eigenvalue weighted by molar-refractivity contribution is -0.384. The van der Waals surface area contributed by atoms with Crippen molar-refractivity contribution >= 4 is 51.4 Å². The molecule has 0 bridgehead atoms.